The summed E-state index contributed by atoms with van der Waals surface area (Å²) in [5.41, 5.74) is 0.0987. The van der Waals surface area contributed by atoms with Gasteiger partial charge in [0.15, 0.2) is 0 Å². The smallest absolute Gasteiger partial charge is 0.337 e. The number of carboxylic acid groups (broad SMARTS) is 1. The average Bonchev–Trinajstić information content (AvgIpc) is 2.38. The van der Waals surface area contributed by atoms with E-state index in [1.165, 1.54) is 12.1 Å². The van der Waals surface area contributed by atoms with Crippen molar-refractivity contribution in [2.24, 2.45) is 0 Å². The summed E-state index contributed by atoms with van der Waals surface area (Å²) < 4.78 is 0.586. The van der Waals surface area contributed by atoms with Gasteiger partial charge >= 0.3 is 12.0 Å². The van der Waals surface area contributed by atoms with Gasteiger partial charge in [-0.1, -0.05) is 15.9 Å². The molecule has 7 nitrogen and oxygen atoms in total. The van der Waals surface area contributed by atoms with E-state index in [0.717, 1.165) is 0 Å². The van der Waals surface area contributed by atoms with Gasteiger partial charge in [0, 0.05) is 11.0 Å². The van der Waals surface area contributed by atoms with Crippen LogP contribution in [0.1, 0.15) is 17.3 Å². The normalized spacial score (nSPS) is 9.70. The summed E-state index contributed by atoms with van der Waals surface area (Å²) in [5.74, 6) is -1.48. The molecule has 0 atom stereocenters. The highest BCUT2D eigenvalue weighted by Gasteiger charge is 2.13. The van der Waals surface area contributed by atoms with Crippen molar-refractivity contribution in [2.45, 2.75) is 6.92 Å². The van der Waals surface area contributed by atoms with Gasteiger partial charge < -0.3 is 21.1 Å². The molecule has 0 heterocycles. The van der Waals surface area contributed by atoms with E-state index in [0.29, 0.717) is 11.0 Å². The number of hydrogen-bond donors (Lipinski definition) is 4. The Balaban J connectivity index is 2.66. The van der Waals surface area contributed by atoms with Crippen LogP contribution in [0.15, 0.2) is 22.7 Å². The molecule has 1 aromatic carbocycles. The number of amides is 3. The lowest BCUT2D eigenvalue weighted by atomic mass is 10.2. The van der Waals surface area contributed by atoms with Gasteiger partial charge in [0.1, 0.15) is 0 Å². The minimum atomic E-state index is -1.16. The molecule has 0 saturated carbocycles. The van der Waals surface area contributed by atoms with E-state index < -0.39 is 12.0 Å². The van der Waals surface area contributed by atoms with Crippen molar-refractivity contribution in [3.8, 4) is 0 Å². The van der Waals surface area contributed by atoms with Gasteiger partial charge in [0.2, 0.25) is 5.91 Å². The summed E-state index contributed by atoms with van der Waals surface area (Å²) in [6, 6.07) is 3.79. The Labute approximate surface area is 123 Å². The van der Waals surface area contributed by atoms with Crippen molar-refractivity contribution in [3.05, 3.63) is 28.2 Å². The third kappa shape index (κ3) is 4.88. The third-order valence-corrected chi connectivity index (χ3v) is 2.74. The summed E-state index contributed by atoms with van der Waals surface area (Å²) in [6.45, 7) is 2.05. The lowest BCUT2D eigenvalue weighted by Gasteiger charge is -2.10. The fourth-order valence-corrected chi connectivity index (χ4v) is 1.75. The van der Waals surface area contributed by atoms with E-state index in [9.17, 15) is 14.4 Å². The average molecular weight is 344 g/mol. The zero-order valence-electron chi connectivity index (χ0n) is 10.7. The van der Waals surface area contributed by atoms with Crippen LogP contribution in [0.2, 0.25) is 0 Å². The molecule has 20 heavy (non-hydrogen) atoms. The lowest BCUT2D eigenvalue weighted by molar-refractivity contribution is -0.119. The topological polar surface area (TPSA) is 108 Å². The number of urea groups is 1. The van der Waals surface area contributed by atoms with Gasteiger partial charge in [0.25, 0.3) is 0 Å². The van der Waals surface area contributed by atoms with E-state index >= 15 is 0 Å². The Morgan fingerprint density at radius 3 is 2.55 bits per heavy atom. The van der Waals surface area contributed by atoms with Gasteiger partial charge in [-0.2, -0.15) is 0 Å². The zero-order chi connectivity index (χ0) is 15.1. The highest BCUT2D eigenvalue weighted by Crippen LogP contribution is 2.20. The Bertz CT molecular complexity index is 533. The molecule has 0 unspecified atom stereocenters. The van der Waals surface area contributed by atoms with Crippen LogP contribution in [0.4, 0.5) is 10.5 Å². The van der Waals surface area contributed by atoms with Gasteiger partial charge in [-0.25, -0.2) is 9.59 Å². The van der Waals surface area contributed by atoms with Crippen LogP contribution in [-0.2, 0) is 4.79 Å². The number of carbonyl (C=O) groups excluding carboxylic acids is 2. The second kappa shape index (κ2) is 7.49. The number of rotatable bonds is 5. The maximum Gasteiger partial charge on any atom is 0.337 e. The first-order valence-electron chi connectivity index (χ1n) is 5.78. The number of nitrogens with one attached hydrogen (secondary N) is 3. The molecule has 1 rings (SSSR count). The minimum Gasteiger partial charge on any atom is -0.478 e. The van der Waals surface area contributed by atoms with Gasteiger partial charge in [-0.3, -0.25) is 4.79 Å². The maximum absolute atomic E-state index is 11.6. The number of carboxylic acids is 1. The van der Waals surface area contributed by atoms with Crippen molar-refractivity contribution in [1.82, 2.24) is 10.6 Å². The molecule has 8 heteroatoms. The number of benzene rings is 1. The molecule has 0 fully saturated rings. The Morgan fingerprint density at radius 1 is 1.25 bits per heavy atom. The molecule has 3 amide bonds. The standard InChI is InChI=1S/C12H14BrN3O4/c1-2-14-10(17)6-15-12(20)16-9-4-3-7(13)5-8(9)11(18)19/h3-5H,2,6H2,1H3,(H,14,17)(H,18,19)(H2,15,16,20). The second-order valence-corrected chi connectivity index (χ2v) is 4.67. The molecular weight excluding hydrogens is 330 g/mol. The molecule has 0 aliphatic heterocycles. The summed E-state index contributed by atoms with van der Waals surface area (Å²) in [4.78, 5) is 33.8. The van der Waals surface area contributed by atoms with E-state index in [1.807, 2.05) is 0 Å². The van der Waals surface area contributed by atoms with Crippen molar-refractivity contribution >= 4 is 39.5 Å². The molecule has 0 spiro atoms. The SMILES string of the molecule is CCNC(=O)CNC(=O)Nc1ccc(Br)cc1C(=O)O. The number of anilines is 1. The lowest BCUT2D eigenvalue weighted by Crippen LogP contribution is -2.39. The molecule has 1 aromatic rings. The molecule has 0 bridgehead atoms. The van der Waals surface area contributed by atoms with Crippen LogP contribution < -0.4 is 16.0 Å². The summed E-state index contributed by atoms with van der Waals surface area (Å²) in [5, 5.41) is 16.3. The predicted octanol–water partition coefficient (Wildman–Crippen LogP) is 1.40. The van der Waals surface area contributed by atoms with E-state index in [1.54, 1.807) is 13.0 Å². The highest BCUT2D eigenvalue weighted by atomic mass is 79.9. The van der Waals surface area contributed by atoms with Crippen LogP contribution in [0.5, 0.6) is 0 Å². The summed E-state index contributed by atoms with van der Waals surface area (Å²) in [6.07, 6.45) is 0. The molecule has 0 aromatic heterocycles. The molecular formula is C12H14BrN3O4. The van der Waals surface area contributed by atoms with Gasteiger partial charge in [-0.05, 0) is 25.1 Å². The molecule has 4 N–H and O–H groups in total. The van der Waals surface area contributed by atoms with Gasteiger partial charge in [-0.15, -0.1) is 0 Å². The molecule has 0 aliphatic rings. The largest absolute Gasteiger partial charge is 0.478 e. The second-order valence-electron chi connectivity index (χ2n) is 3.76. The predicted molar refractivity (Wildman–Crippen MR) is 76.8 cm³/mol. The number of aromatic carboxylic acids is 1. The number of halogens is 1. The molecule has 0 saturated heterocycles. The van der Waals surface area contributed by atoms with E-state index in [4.69, 9.17) is 5.11 Å². The Morgan fingerprint density at radius 2 is 1.95 bits per heavy atom. The van der Waals surface area contributed by atoms with Crippen LogP contribution >= 0.6 is 15.9 Å². The van der Waals surface area contributed by atoms with Crippen molar-refractivity contribution in [2.75, 3.05) is 18.4 Å². The minimum absolute atomic E-state index is 0.0486. The Kier molecular flexibility index (Phi) is 5.98. The maximum atomic E-state index is 11.6. The fourth-order valence-electron chi connectivity index (χ4n) is 1.39. The van der Waals surface area contributed by atoms with Crippen molar-refractivity contribution in [3.63, 3.8) is 0 Å². The van der Waals surface area contributed by atoms with E-state index in [2.05, 4.69) is 31.9 Å². The summed E-state index contributed by atoms with van der Waals surface area (Å²) in [7, 11) is 0. The first kappa shape index (κ1) is 16.0. The van der Waals surface area contributed by atoms with E-state index in [-0.39, 0.29) is 23.7 Å². The zero-order valence-corrected chi connectivity index (χ0v) is 12.3. The van der Waals surface area contributed by atoms with Crippen molar-refractivity contribution < 1.29 is 19.5 Å². The molecule has 108 valence electrons. The fraction of sp³-hybridized carbons (Fsp3) is 0.250. The van der Waals surface area contributed by atoms with Crippen molar-refractivity contribution in [1.29, 1.82) is 0 Å². The van der Waals surface area contributed by atoms with Gasteiger partial charge in [0.05, 0.1) is 17.8 Å². The van der Waals surface area contributed by atoms with Crippen LogP contribution in [-0.4, -0.2) is 36.1 Å². The quantitative estimate of drug-likeness (QED) is 0.648. The first-order valence-corrected chi connectivity index (χ1v) is 6.57. The van der Waals surface area contributed by atoms with Crippen LogP contribution in [0.25, 0.3) is 0 Å². The first-order chi connectivity index (χ1) is 9.43. The summed E-state index contributed by atoms with van der Waals surface area (Å²) >= 11 is 3.15. The molecule has 0 aliphatic carbocycles. The Hall–Kier alpha value is -2.09. The molecule has 0 radical (unpaired) electrons. The number of hydrogen-bond acceptors (Lipinski definition) is 3. The number of likely N-dealkylation sites (N-methyl/N-ethyl adjacent to an activating group) is 1. The number of carbonyl (C=O) groups is 3. The highest BCUT2D eigenvalue weighted by molar-refractivity contribution is 9.10. The van der Waals surface area contributed by atoms with Crippen LogP contribution in [0, 0.1) is 0 Å². The monoisotopic (exact) mass is 343 g/mol. The third-order valence-electron chi connectivity index (χ3n) is 2.24. The van der Waals surface area contributed by atoms with Crippen LogP contribution in [0.3, 0.4) is 0 Å².